The van der Waals surface area contributed by atoms with Crippen molar-refractivity contribution in [2.24, 2.45) is 0 Å². The quantitative estimate of drug-likeness (QED) is 0.782. The van der Waals surface area contributed by atoms with Gasteiger partial charge in [0.25, 0.3) is 0 Å². The molecule has 2 rings (SSSR count). The summed E-state index contributed by atoms with van der Waals surface area (Å²) in [6.45, 7) is 2.47. The lowest BCUT2D eigenvalue weighted by Crippen LogP contribution is -2.39. The Morgan fingerprint density at radius 3 is 2.67 bits per heavy atom. The number of nitrogens with zero attached hydrogens (tertiary/aromatic N) is 1. The molecule has 5 heteroatoms. The van der Waals surface area contributed by atoms with Gasteiger partial charge in [-0.3, -0.25) is 4.79 Å². The molecule has 0 saturated carbocycles. The van der Waals surface area contributed by atoms with Crippen LogP contribution >= 0.6 is 23.2 Å². The van der Waals surface area contributed by atoms with E-state index >= 15 is 0 Å². The van der Waals surface area contributed by atoms with E-state index in [4.69, 9.17) is 27.9 Å². The Balaban J connectivity index is 2.03. The molecule has 0 spiro atoms. The highest BCUT2D eigenvalue weighted by atomic mass is 35.5. The monoisotopic (exact) mass is 285 g/mol. The standard InChI is InChI=1S/C13H13Cl2NO2/c14-11-3-1-10(12(15)9-11)2-4-13(17)16-5-7-18-8-6-16/h1-4,9H,5-8H2/b4-2-. The van der Waals surface area contributed by atoms with Crippen LogP contribution in [0.25, 0.3) is 6.08 Å². The van der Waals surface area contributed by atoms with Gasteiger partial charge < -0.3 is 9.64 Å². The molecule has 1 aromatic carbocycles. The number of carbonyl (C=O) groups is 1. The minimum absolute atomic E-state index is 0.0238. The van der Waals surface area contributed by atoms with Crippen LogP contribution in [0.15, 0.2) is 24.3 Å². The van der Waals surface area contributed by atoms with Gasteiger partial charge in [0.1, 0.15) is 0 Å². The highest BCUT2D eigenvalue weighted by Crippen LogP contribution is 2.22. The molecule has 3 nitrogen and oxygen atoms in total. The van der Waals surface area contributed by atoms with Crippen molar-refractivity contribution in [3.05, 3.63) is 39.9 Å². The molecule has 1 heterocycles. The Bertz CT molecular complexity index is 468. The van der Waals surface area contributed by atoms with Crippen molar-refractivity contribution in [2.45, 2.75) is 0 Å². The molecule has 0 radical (unpaired) electrons. The maximum atomic E-state index is 11.9. The van der Waals surface area contributed by atoms with Crippen LogP contribution in [-0.4, -0.2) is 37.1 Å². The van der Waals surface area contributed by atoms with Gasteiger partial charge in [0.2, 0.25) is 5.91 Å². The Morgan fingerprint density at radius 1 is 1.28 bits per heavy atom. The van der Waals surface area contributed by atoms with E-state index in [9.17, 15) is 4.79 Å². The largest absolute Gasteiger partial charge is 0.378 e. The molecule has 0 aromatic heterocycles. The Hall–Kier alpha value is -1.03. The number of rotatable bonds is 2. The number of carbonyl (C=O) groups excluding carboxylic acids is 1. The lowest BCUT2D eigenvalue weighted by molar-refractivity contribution is -0.129. The first kappa shape index (κ1) is 13.4. The van der Waals surface area contributed by atoms with Crippen LogP contribution < -0.4 is 0 Å². The number of benzene rings is 1. The molecule has 0 atom stereocenters. The molecule has 18 heavy (non-hydrogen) atoms. The molecule has 0 bridgehead atoms. The van der Waals surface area contributed by atoms with Crippen molar-refractivity contribution >= 4 is 35.2 Å². The van der Waals surface area contributed by atoms with Crippen LogP contribution in [0.3, 0.4) is 0 Å². The van der Waals surface area contributed by atoms with E-state index in [-0.39, 0.29) is 5.91 Å². The fourth-order valence-electron chi connectivity index (χ4n) is 1.69. The SMILES string of the molecule is O=C(/C=C\c1ccc(Cl)cc1Cl)N1CCOCC1. The summed E-state index contributed by atoms with van der Waals surface area (Å²) >= 11 is 11.8. The lowest BCUT2D eigenvalue weighted by Gasteiger charge is -2.25. The normalized spacial score (nSPS) is 16.2. The van der Waals surface area contributed by atoms with Gasteiger partial charge in [-0.2, -0.15) is 0 Å². The minimum Gasteiger partial charge on any atom is -0.378 e. The Labute approximate surface area is 116 Å². The molecule has 1 aromatic rings. The molecule has 1 amide bonds. The molecule has 0 unspecified atom stereocenters. The average molecular weight is 286 g/mol. The smallest absolute Gasteiger partial charge is 0.246 e. The van der Waals surface area contributed by atoms with E-state index in [1.165, 1.54) is 6.08 Å². The highest BCUT2D eigenvalue weighted by Gasteiger charge is 2.13. The Morgan fingerprint density at radius 2 is 2.00 bits per heavy atom. The molecule has 1 saturated heterocycles. The first-order valence-electron chi connectivity index (χ1n) is 5.66. The van der Waals surface area contributed by atoms with Gasteiger partial charge in [-0.15, -0.1) is 0 Å². The van der Waals surface area contributed by atoms with E-state index in [1.807, 2.05) is 0 Å². The summed E-state index contributed by atoms with van der Waals surface area (Å²) in [5, 5.41) is 1.12. The summed E-state index contributed by atoms with van der Waals surface area (Å²) in [6, 6.07) is 5.18. The van der Waals surface area contributed by atoms with Crippen LogP contribution in [0, 0.1) is 0 Å². The van der Waals surface area contributed by atoms with Crippen molar-refractivity contribution in [2.75, 3.05) is 26.3 Å². The molecular weight excluding hydrogens is 273 g/mol. The van der Waals surface area contributed by atoms with Crippen LogP contribution in [0.2, 0.25) is 10.0 Å². The van der Waals surface area contributed by atoms with Gasteiger partial charge in [0.05, 0.1) is 13.2 Å². The second-order valence-electron chi connectivity index (χ2n) is 3.94. The average Bonchev–Trinajstić information content (AvgIpc) is 2.38. The second-order valence-corrected chi connectivity index (χ2v) is 4.78. The number of amides is 1. The van der Waals surface area contributed by atoms with Crippen LogP contribution in [0.5, 0.6) is 0 Å². The summed E-state index contributed by atoms with van der Waals surface area (Å²) in [4.78, 5) is 13.6. The molecule has 1 aliphatic rings. The zero-order valence-corrected chi connectivity index (χ0v) is 11.2. The van der Waals surface area contributed by atoms with E-state index in [2.05, 4.69) is 0 Å². The molecular formula is C13H13Cl2NO2. The maximum Gasteiger partial charge on any atom is 0.246 e. The van der Waals surface area contributed by atoms with Crippen LogP contribution in [0.1, 0.15) is 5.56 Å². The van der Waals surface area contributed by atoms with Crippen molar-refractivity contribution < 1.29 is 9.53 Å². The van der Waals surface area contributed by atoms with Crippen molar-refractivity contribution in [3.63, 3.8) is 0 Å². The van der Waals surface area contributed by atoms with Crippen LogP contribution in [-0.2, 0) is 9.53 Å². The van der Waals surface area contributed by atoms with Gasteiger partial charge in [-0.1, -0.05) is 29.3 Å². The number of halogens is 2. The van der Waals surface area contributed by atoms with E-state index in [0.29, 0.717) is 36.3 Å². The zero-order chi connectivity index (χ0) is 13.0. The number of hydrogen-bond donors (Lipinski definition) is 0. The minimum atomic E-state index is -0.0238. The summed E-state index contributed by atoms with van der Waals surface area (Å²) in [6.07, 6.45) is 3.23. The molecule has 1 aliphatic heterocycles. The first-order chi connectivity index (χ1) is 8.66. The van der Waals surface area contributed by atoms with Gasteiger partial charge in [-0.25, -0.2) is 0 Å². The fraction of sp³-hybridized carbons (Fsp3) is 0.308. The summed E-state index contributed by atoms with van der Waals surface area (Å²) < 4.78 is 5.19. The summed E-state index contributed by atoms with van der Waals surface area (Å²) in [5.74, 6) is -0.0238. The lowest BCUT2D eigenvalue weighted by atomic mass is 10.2. The van der Waals surface area contributed by atoms with E-state index in [0.717, 1.165) is 5.56 Å². The number of hydrogen-bond acceptors (Lipinski definition) is 2. The molecule has 1 fully saturated rings. The molecule has 96 valence electrons. The topological polar surface area (TPSA) is 29.5 Å². The molecule has 0 aliphatic carbocycles. The Kier molecular flexibility index (Phi) is 4.64. The second kappa shape index (κ2) is 6.23. The highest BCUT2D eigenvalue weighted by molar-refractivity contribution is 6.35. The van der Waals surface area contributed by atoms with Crippen molar-refractivity contribution in [1.82, 2.24) is 4.90 Å². The van der Waals surface area contributed by atoms with Gasteiger partial charge in [0.15, 0.2) is 0 Å². The third kappa shape index (κ3) is 3.48. The van der Waals surface area contributed by atoms with Gasteiger partial charge >= 0.3 is 0 Å². The summed E-state index contributed by atoms with van der Waals surface area (Å²) in [7, 11) is 0. The van der Waals surface area contributed by atoms with Crippen molar-refractivity contribution in [1.29, 1.82) is 0 Å². The third-order valence-corrected chi connectivity index (χ3v) is 3.25. The first-order valence-corrected chi connectivity index (χ1v) is 6.42. The molecule has 0 N–H and O–H groups in total. The number of morpholine rings is 1. The van der Waals surface area contributed by atoms with Gasteiger partial charge in [0, 0.05) is 29.2 Å². The predicted octanol–water partition coefficient (Wildman–Crippen LogP) is 2.87. The summed E-state index contributed by atoms with van der Waals surface area (Å²) in [5.41, 5.74) is 0.780. The predicted molar refractivity (Wildman–Crippen MR) is 72.9 cm³/mol. The third-order valence-electron chi connectivity index (χ3n) is 2.69. The van der Waals surface area contributed by atoms with Crippen molar-refractivity contribution in [3.8, 4) is 0 Å². The zero-order valence-electron chi connectivity index (χ0n) is 9.73. The van der Waals surface area contributed by atoms with E-state index in [1.54, 1.807) is 29.2 Å². The maximum absolute atomic E-state index is 11.9. The number of ether oxygens (including phenoxy) is 1. The fourth-order valence-corrected chi connectivity index (χ4v) is 2.16. The van der Waals surface area contributed by atoms with E-state index < -0.39 is 0 Å². The van der Waals surface area contributed by atoms with Gasteiger partial charge in [-0.05, 0) is 23.8 Å². The van der Waals surface area contributed by atoms with Crippen LogP contribution in [0.4, 0.5) is 0 Å².